The number of halogens is 3. The van der Waals surface area contributed by atoms with Crippen LogP contribution in [0.3, 0.4) is 0 Å². The molecule has 0 saturated heterocycles. The minimum atomic E-state index is -0.308. The second-order valence-corrected chi connectivity index (χ2v) is 4.08. The molecular formula is C11H7Cl2FN2. The zero-order valence-corrected chi connectivity index (χ0v) is 9.85. The monoisotopic (exact) mass is 256 g/mol. The summed E-state index contributed by atoms with van der Waals surface area (Å²) in [4.78, 5) is 7.96. The van der Waals surface area contributed by atoms with Crippen LogP contribution in [-0.4, -0.2) is 9.97 Å². The summed E-state index contributed by atoms with van der Waals surface area (Å²) in [5, 5.41) is 0.465. The lowest BCUT2D eigenvalue weighted by Gasteiger charge is -2.03. The van der Waals surface area contributed by atoms with Crippen molar-refractivity contribution in [3.8, 4) is 11.4 Å². The predicted molar refractivity (Wildman–Crippen MR) is 62.2 cm³/mol. The van der Waals surface area contributed by atoms with Crippen molar-refractivity contribution in [1.29, 1.82) is 0 Å². The maximum Gasteiger partial charge on any atom is 0.162 e. The molecule has 0 saturated carbocycles. The minimum absolute atomic E-state index is 0.232. The fourth-order valence-corrected chi connectivity index (χ4v) is 1.67. The number of benzene rings is 1. The van der Waals surface area contributed by atoms with Crippen LogP contribution in [0.4, 0.5) is 4.39 Å². The summed E-state index contributed by atoms with van der Waals surface area (Å²) in [6, 6.07) is 6.16. The van der Waals surface area contributed by atoms with Crippen molar-refractivity contribution in [3.63, 3.8) is 0 Å². The lowest BCUT2D eigenvalue weighted by molar-refractivity contribution is 0.619. The fraction of sp³-hybridized carbons (Fsp3) is 0.0909. The second-order valence-electron chi connectivity index (χ2n) is 3.30. The Balaban J connectivity index is 2.54. The van der Waals surface area contributed by atoms with Crippen LogP contribution >= 0.6 is 23.2 Å². The zero-order valence-electron chi connectivity index (χ0n) is 8.34. The molecule has 0 atom stereocenters. The largest absolute Gasteiger partial charge is 0.216 e. The van der Waals surface area contributed by atoms with Crippen LogP contribution in [0.25, 0.3) is 11.4 Å². The highest BCUT2D eigenvalue weighted by Gasteiger charge is 2.07. The molecule has 0 fully saturated rings. The average molecular weight is 257 g/mol. The Kier molecular flexibility index (Phi) is 3.08. The van der Waals surface area contributed by atoms with E-state index in [-0.39, 0.29) is 16.1 Å². The van der Waals surface area contributed by atoms with E-state index in [9.17, 15) is 4.39 Å². The van der Waals surface area contributed by atoms with Crippen molar-refractivity contribution in [2.75, 3.05) is 0 Å². The number of aromatic nitrogens is 2. The van der Waals surface area contributed by atoms with E-state index in [0.29, 0.717) is 17.0 Å². The van der Waals surface area contributed by atoms with Gasteiger partial charge in [-0.2, -0.15) is 0 Å². The molecule has 2 rings (SSSR count). The molecule has 0 aliphatic rings. The van der Waals surface area contributed by atoms with Crippen LogP contribution in [0, 0.1) is 12.7 Å². The van der Waals surface area contributed by atoms with E-state index < -0.39 is 0 Å². The first-order chi connectivity index (χ1) is 7.56. The molecule has 2 aromatic rings. The second kappa shape index (κ2) is 4.36. The van der Waals surface area contributed by atoms with Crippen molar-refractivity contribution < 1.29 is 4.39 Å². The molecule has 0 radical (unpaired) electrons. The third kappa shape index (κ3) is 2.31. The van der Waals surface area contributed by atoms with E-state index in [1.807, 2.05) is 0 Å². The van der Waals surface area contributed by atoms with Gasteiger partial charge >= 0.3 is 0 Å². The van der Waals surface area contributed by atoms with Gasteiger partial charge in [0.25, 0.3) is 0 Å². The van der Waals surface area contributed by atoms with Gasteiger partial charge in [0.1, 0.15) is 16.1 Å². The van der Waals surface area contributed by atoms with Gasteiger partial charge in [-0.1, -0.05) is 35.3 Å². The lowest BCUT2D eigenvalue weighted by atomic mass is 10.1. The van der Waals surface area contributed by atoms with Gasteiger partial charge < -0.3 is 0 Å². The first-order valence-corrected chi connectivity index (χ1v) is 5.28. The molecule has 1 aromatic carbocycles. The summed E-state index contributed by atoms with van der Waals surface area (Å²) in [6.45, 7) is 1.69. The summed E-state index contributed by atoms with van der Waals surface area (Å²) in [5.74, 6) is 0.00796. The van der Waals surface area contributed by atoms with E-state index >= 15 is 0 Å². The molecule has 0 aliphatic carbocycles. The summed E-state index contributed by atoms with van der Waals surface area (Å²) in [6.07, 6.45) is 0. The Morgan fingerprint density at radius 2 is 1.69 bits per heavy atom. The molecule has 1 aromatic heterocycles. The van der Waals surface area contributed by atoms with Crippen molar-refractivity contribution >= 4 is 23.2 Å². The zero-order chi connectivity index (χ0) is 11.7. The molecule has 0 amide bonds. The van der Waals surface area contributed by atoms with Crippen LogP contribution in [0.15, 0.2) is 24.3 Å². The smallest absolute Gasteiger partial charge is 0.162 e. The highest BCUT2D eigenvalue weighted by atomic mass is 35.5. The Labute approximate surface area is 102 Å². The number of aryl methyl sites for hydroxylation is 1. The normalized spacial score (nSPS) is 10.5. The van der Waals surface area contributed by atoms with Crippen LogP contribution < -0.4 is 0 Å². The fourth-order valence-electron chi connectivity index (χ4n) is 1.25. The standard InChI is InChI=1S/C11H7Cl2FN2/c1-6-2-3-7(4-8(6)14)11-15-9(12)5-10(13)16-11/h2-5H,1H3. The van der Waals surface area contributed by atoms with Gasteiger partial charge in [-0.3, -0.25) is 0 Å². The van der Waals surface area contributed by atoms with Crippen LogP contribution in [0.1, 0.15) is 5.56 Å². The topological polar surface area (TPSA) is 25.8 Å². The number of hydrogen-bond acceptors (Lipinski definition) is 2. The lowest BCUT2D eigenvalue weighted by Crippen LogP contribution is -1.91. The first kappa shape index (κ1) is 11.3. The summed E-state index contributed by atoms with van der Waals surface area (Å²) < 4.78 is 13.3. The van der Waals surface area contributed by atoms with Gasteiger partial charge in [-0.15, -0.1) is 0 Å². The van der Waals surface area contributed by atoms with Crippen molar-refractivity contribution in [3.05, 3.63) is 46.0 Å². The van der Waals surface area contributed by atoms with Gasteiger partial charge in [0.15, 0.2) is 5.82 Å². The van der Waals surface area contributed by atoms with Gasteiger partial charge in [0.2, 0.25) is 0 Å². The molecule has 0 bridgehead atoms. The summed E-state index contributed by atoms with van der Waals surface area (Å²) in [5.41, 5.74) is 1.12. The highest BCUT2D eigenvalue weighted by molar-refractivity contribution is 6.33. The third-order valence-electron chi connectivity index (χ3n) is 2.09. The van der Waals surface area contributed by atoms with E-state index in [1.54, 1.807) is 19.1 Å². The summed E-state index contributed by atoms with van der Waals surface area (Å²) in [7, 11) is 0. The average Bonchev–Trinajstić information content (AvgIpc) is 2.20. The van der Waals surface area contributed by atoms with Crippen molar-refractivity contribution in [2.45, 2.75) is 6.92 Å². The Morgan fingerprint density at radius 3 is 2.25 bits per heavy atom. The Morgan fingerprint density at radius 1 is 1.06 bits per heavy atom. The quantitative estimate of drug-likeness (QED) is 0.724. The summed E-state index contributed by atoms with van der Waals surface area (Å²) >= 11 is 11.5. The van der Waals surface area contributed by atoms with E-state index in [1.165, 1.54) is 12.1 Å². The number of nitrogens with zero attached hydrogens (tertiary/aromatic N) is 2. The molecule has 0 aliphatic heterocycles. The molecule has 2 nitrogen and oxygen atoms in total. The predicted octanol–water partition coefficient (Wildman–Crippen LogP) is 3.90. The van der Waals surface area contributed by atoms with E-state index in [2.05, 4.69) is 9.97 Å². The molecule has 0 N–H and O–H groups in total. The maximum atomic E-state index is 13.3. The molecule has 1 heterocycles. The van der Waals surface area contributed by atoms with Gasteiger partial charge in [-0.25, -0.2) is 14.4 Å². The molecule has 0 unspecified atom stereocenters. The van der Waals surface area contributed by atoms with E-state index in [4.69, 9.17) is 23.2 Å². The molecule has 82 valence electrons. The van der Waals surface area contributed by atoms with Gasteiger partial charge in [0, 0.05) is 11.6 Å². The molecule has 16 heavy (non-hydrogen) atoms. The maximum absolute atomic E-state index is 13.3. The van der Waals surface area contributed by atoms with Crippen LogP contribution in [0.5, 0.6) is 0 Å². The molecule has 0 spiro atoms. The minimum Gasteiger partial charge on any atom is -0.216 e. The molecular weight excluding hydrogens is 250 g/mol. The Bertz CT molecular complexity index is 523. The highest BCUT2D eigenvalue weighted by Crippen LogP contribution is 2.22. The Hall–Kier alpha value is -1.19. The van der Waals surface area contributed by atoms with Crippen LogP contribution in [-0.2, 0) is 0 Å². The van der Waals surface area contributed by atoms with E-state index in [0.717, 1.165) is 0 Å². The first-order valence-electron chi connectivity index (χ1n) is 4.53. The number of rotatable bonds is 1. The number of hydrogen-bond donors (Lipinski definition) is 0. The van der Waals surface area contributed by atoms with Gasteiger partial charge in [-0.05, 0) is 18.6 Å². The SMILES string of the molecule is Cc1ccc(-c2nc(Cl)cc(Cl)n2)cc1F. The molecule has 5 heteroatoms. The van der Waals surface area contributed by atoms with Crippen molar-refractivity contribution in [2.24, 2.45) is 0 Å². The van der Waals surface area contributed by atoms with Crippen LogP contribution in [0.2, 0.25) is 10.3 Å². The third-order valence-corrected chi connectivity index (χ3v) is 2.48. The van der Waals surface area contributed by atoms with Gasteiger partial charge in [0.05, 0.1) is 0 Å². The van der Waals surface area contributed by atoms with Crippen molar-refractivity contribution in [1.82, 2.24) is 9.97 Å².